The van der Waals surface area contributed by atoms with Gasteiger partial charge in [0.25, 0.3) is 0 Å². The van der Waals surface area contributed by atoms with Gasteiger partial charge < -0.3 is 5.32 Å². The van der Waals surface area contributed by atoms with Gasteiger partial charge in [-0.05, 0) is 48.9 Å². The highest BCUT2D eigenvalue weighted by Gasteiger charge is 2.29. The maximum Gasteiger partial charge on any atom is 0.0208 e. The van der Waals surface area contributed by atoms with E-state index in [9.17, 15) is 0 Å². The summed E-state index contributed by atoms with van der Waals surface area (Å²) < 4.78 is 1.14. The molecule has 0 saturated heterocycles. The molecule has 0 amide bonds. The molecular formula is C18H20BrN. The van der Waals surface area contributed by atoms with Crippen LogP contribution in [0.1, 0.15) is 35.4 Å². The molecule has 0 heterocycles. The fraction of sp³-hybridized carbons (Fsp3) is 0.333. The summed E-state index contributed by atoms with van der Waals surface area (Å²) in [5, 5.41) is 3.65. The summed E-state index contributed by atoms with van der Waals surface area (Å²) in [5.41, 5.74) is 4.23. The zero-order valence-corrected chi connectivity index (χ0v) is 13.4. The van der Waals surface area contributed by atoms with Crippen molar-refractivity contribution >= 4 is 15.9 Å². The molecule has 0 radical (unpaired) electrons. The van der Waals surface area contributed by atoms with E-state index in [1.165, 1.54) is 29.5 Å². The number of hydrogen-bond acceptors (Lipinski definition) is 1. The van der Waals surface area contributed by atoms with E-state index >= 15 is 0 Å². The first-order chi connectivity index (χ1) is 9.70. The SMILES string of the molecule is Cc1cccc(C2CC(NCc3ccc(Br)cc3)C2)c1. The van der Waals surface area contributed by atoms with Gasteiger partial charge in [-0.2, -0.15) is 0 Å². The minimum atomic E-state index is 0.671. The lowest BCUT2D eigenvalue weighted by Gasteiger charge is -2.36. The molecule has 1 fully saturated rings. The molecule has 0 atom stereocenters. The normalized spacial score (nSPS) is 21.5. The van der Waals surface area contributed by atoms with Crippen molar-refractivity contribution in [3.8, 4) is 0 Å². The predicted molar refractivity (Wildman–Crippen MR) is 87.9 cm³/mol. The third kappa shape index (κ3) is 3.31. The van der Waals surface area contributed by atoms with Gasteiger partial charge in [0, 0.05) is 17.1 Å². The van der Waals surface area contributed by atoms with E-state index in [-0.39, 0.29) is 0 Å². The first-order valence-electron chi connectivity index (χ1n) is 7.25. The van der Waals surface area contributed by atoms with Gasteiger partial charge in [0.2, 0.25) is 0 Å². The predicted octanol–water partition coefficient (Wildman–Crippen LogP) is 4.79. The second kappa shape index (κ2) is 6.11. The highest BCUT2D eigenvalue weighted by molar-refractivity contribution is 9.10. The third-order valence-corrected chi connectivity index (χ3v) is 4.69. The highest BCUT2D eigenvalue weighted by Crippen LogP contribution is 2.37. The van der Waals surface area contributed by atoms with Crippen molar-refractivity contribution < 1.29 is 0 Å². The average molecular weight is 330 g/mol. The minimum Gasteiger partial charge on any atom is -0.310 e. The summed E-state index contributed by atoms with van der Waals surface area (Å²) in [7, 11) is 0. The van der Waals surface area contributed by atoms with Crippen LogP contribution in [0.3, 0.4) is 0 Å². The Hall–Kier alpha value is -1.12. The Morgan fingerprint density at radius 2 is 1.85 bits per heavy atom. The molecule has 0 bridgehead atoms. The topological polar surface area (TPSA) is 12.0 Å². The Bertz CT molecular complexity index is 570. The molecule has 3 rings (SSSR count). The zero-order chi connectivity index (χ0) is 13.9. The van der Waals surface area contributed by atoms with E-state index < -0.39 is 0 Å². The third-order valence-electron chi connectivity index (χ3n) is 4.16. The number of rotatable bonds is 4. The number of nitrogens with one attached hydrogen (secondary N) is 1. The summed E-state index contributed by atoms with van der Waals surface area (Å²) in [5.74, 6) is 0.748. The Balaban J connectivity index is 1.48. The van der Waals surface area contributed by atoms with Crippen molar-refractivity contribution in [2.45, 2.75) is 38.3 Å². The molecule has 1 N–H and O–H groups in total. The summed E-state index contributed by atoms with van der Waals surface area (Å²) in [6, 6.07) is 18.2. The van der Waals surface area contributed by atoms with Crippen molar-refractivity contribution in [1.29, 1.82) is 0 Å². The van der Waals surface area contributed by atoms with Crippen LogP contribution in [0.5, 0.6) is 0 Å². The maximum absolute atomic E-state index is 3.65. The Labute approximate surface area is 129 Å². The molecule has 1 aliphatic rings. The first kappa shape index (κ1) is 13.8. The van der Waals surface area contributed by atoms with Gasteiger partial charge in [0.05, 0.1) is 0 Å². The van der Waals surface area contributed by atoms with Crippen LogP contribution in [-0.4, -0.2) is 6.04 Å². The molecule has 1 nitrogen and oxygen atoms in total. The van der Waals surface area contributed by atoms with Gasteiger partial charge in [-0.3, -0.25) is 0 Å². The van der Waals surface area contributed by atoms with Crippen LogP contribution in [0.2, 0.25) is 0 Å². The number of benzene rings is 2. The Morgan fingerprint density at radius 1 is 1.10 bits per heavy atom. The van der Waals surface area contributed by atoms with Crippen LogP contribution in [0.25, 0.3) is 0 Å². The van der Waals surface area contributed by atoms with Gasteiger partial charge in [0.1, 0.15) is 0 Å². The fourth-order valence-corrected chi connectivity index (χ4v) is 3.11. The van der Waals surface area contributed by atoms with Crippen molar-refractivity contribution in [1.82, 2.24) is 5.32 Å². The Kier molecular flexibility index (Phi) is 4.23. The Morgan fingerprint density at radius 3 is 2.55 bits per heavy atom. The standard InChI is InChI=1S/C18H20BrN/c1-13-3-2-4-15(9-13)16-10-18(11-16)20-12-14-5-7-17(19)8-6-14/h2-9,16,18,20H,10-12H2,1H3. The molecule has 2 heteroatoms. The van der Waals surface area contributed by atoms with E-state index in [1.54, 1.807) is 0 Å². The van der Waals surface area contributed by atoms with E-state index in [0.29, 0.717) is 6.04 Å². The lowest BCUT2D eigenvalue weighted by atomic mass is 9.75. The smallest absolute Gasteiger partial charge is 0.0208 e. The molecule has 2 aromatic rings. The van der Waals surface area contributed by atoms with E-state index in [1.807, 2.05) is 0 Å². The average Bonchev–Trinajstić information content (AvgIpc) is 2.39. The molecular weight excluding hydrogens is 310 g/mol. The van der Waals surface area contributed by atoms with Crippen LogP contribution in [-0.2, 0) is 6.54 Å². The maximum atomic E-state index is 3.65. The monoisotopic (exact) mass is 329 g/mol. The summed E-state index contributed by atoms with van der Waals surface area (Å²) in [6.45, 7) is 3.14. The van der Waals surface area contributed by atoms with Crippen molar-refractivity contribution in [3.63, 3.8) is 0 Å². The summed E-state index contributed by atoms with van der Waals surface area (Å²) in [6.07, 6.45) is 2.53. The first-order valence-corrected chi connectivity index (χ1v) is 8.04. The second-order valence-electron chi connectivity index (χ2n) is 5.79. The quantitative estimate of drug-likeness (QED) is 0.850. The van der Waals surface area contributed by atoms with Crippen LogP contribution in [0.4, 0.5) is 0 Å². The van der Waals surface area contributed by atoms with E-state index in [4.69, 9.17) is 0 Å². The molecule has 0 unspecified atom stereocenters. The largest absolute Gasteiger partial charge is 0.310 e. The van der Waals surface area contributed by atoms with Crippen molar-refractivity contribution in [2.24, 2.45) is 0 Å². The number of hydrogen-bond donors (Lipinski definition) is 1. The van der Waals surface area contributed by atoms with Crippen molar-refractivity contribution in [3.05, 3.63) is 69.7 Å². The fourth-order valence-electron chi connectivity index (χ4n) is 2.85. The molecule has 0 aliphatic heterocycles. The number of aryl methyl sites for hydroxylation is 1. The van der Waals surface area contributed by atoms with Crippen LogP contribution < -0.4 is 5.32 Å². The van der Waals surface area contributed by atoms with Crippen LogP contribution in [0.15, 0.2) is 53.0 Å². The van der Waals surface area contributed by atoms with Gasteiger partial charge in [-0.15, -0.1) is 0 Å². The van der Waals surface area contributed by atoms with Crippen molar-refractivity contribution in [2.75, 3.05) is 0 Å². The molecule has 104 valence electrons. The minimum absolute atomic E-state index is 0.671. The van der Waals surface area contributed by atoms with Crippen LogP contribution in [0, 0.1) is 6.92 Å². The van der Waals surface area contributed by atoms with Gasteiger partial charge in [0.15, 0.2) is 0 Å². The molecule has 20 heavy (non-hydrogen) atoms. The van der Waals surface area contributed by atoms with Crippen LogP contribution >= 0.6 is 15.9 Å². The van der Waals surface area contributed by atoms with Gasteiger partial charge in [-0.25, -0.2) is 0 Å². The second-order valence-corrected chi connectivity index (χ2v) is 6.70. The zero-order valence-electron chi connectivity index (χ0n) is 11.8. The van der Waals surface area contributed by atoms with E-state index in [2.05, 4.69) is 76.7 Å². The lowest BCUT2D eigenvalue weighted by Crippen LogP contribution is -2.39. The summed E-state index contributed by atoms with van der Waals surface area (Å²) in [4.78, 5) is 0. The molecule has 0 spiro atoms. The van der Waals surface area contributed by atoms with E-state index in [0.717, 1.165) is 16.9 Å². The molecule has 0 aromatic heterocycles. The van der Waals surface area contributed by atoms with Gasteiger partial charge >= 0.3 is 0 Å². The lowest BCUT2D eigenvalue weighted by molar-refractivity contribution is 0.289. The molecule has 1 saturated carbocycles. The summed E-state index contributed by atoms with van der Waals surface area (Å²) >= 11 is 3.47. The number of halogens is 1. The highest BCUT2D eigenvalue weighted by atomic mass is 79.9. The van der Waals surface area contributed by atoms with Gasteiger partial charge in [-0.1, -0.05) is 57.9 Å². The molecule has 1 aliphatic carbocycles. The molecule has 2 aromatic carbocycles.